The largest absolute Gasteiger partial charge is 0.228 e. The maximum atomic E-state index is 13.6. The van der Waals surface area contributed by atoms with Crippen molar-refractivity contribution < 1.29 is 4.39 Å². The van der Waals surface area contributed by atoms with Gasteiger partial charge in [0.1, 0.15) is 11.0 Å². The quantitative estimate of drug-likeness (QED) is 0.493. The van der Waals surface area contributed by atoms with Crippen LogP contribution in [-0.4, -0.2) is 9.97 Å². The highest BCUT2D eigenvalue weighted by Gasteiger charge is 2.12. The van der Waals surface area contributed by atoms with Crippen molar-refractivity contribution in [3.63, 3.8) is 0 Å². The molecule has 0 amide bonds. The van der Waals surface area contributed by atoms with Gasteiger partial charge in [-0.15, -0.1) is 0 Å². The van der Waals surface area contributed by atoms with E-state index in [0.717, 1.165) is 20.9 Å². The number of fused-ring (bicyclic) bond motifs is 1. The van der Waals surface area contributed by atoms with Crippen LogP contribution in [0.5, 0.6) is 0 Å². The van der Waals surface area contributed by atoms with Crippen LogP contribution in [0.1, 0.15) is 5.56 Å². The number of nitrogens with zero attached hydrogens (tertiary/aromatic N) is 2. The predicted octanol–water partition coefficient (Wildman–Crippen LogP) is 5.81. The molecule has 0 saturated heterocycles. The van der Waals surface area contributed by atoms with Crippen molar-refractivity contribution in [1.82, 2.24) is 9.97 Å². The Morgan fingerprint density at radius 2 is 1.86 bits per heavy atom. The van der Waals surface area contributed by atoms with Crippen molar-refractivity contribution in [3.8, 4) is 11.4 Å². The highest BCUT2D eigenvalue weighted by Crippen LogP contribution is 2.30. The summed E-state index contributed by atoms with van der Waals surface area (Å²) >= 11 is 15.3. The second kappa shape index (κ2) is 5.52. The van der Waals surface area contributed by atoms with Gasteiger partial charge in [0.25, 0.3) is 0 Å². The van der Waals surface area contributed by atoms with Crippen molar-refractivity contribution in [2.45, 2.75) is 6.92 Å². The number of benzene rings is 2. The molecule has 0 N–H and O–H groups in total. The van der Waals surface area contributed by atoms with Crippen molar-refractivity contribution >= 4 is 50.0 Å². The summed E-state index contributed by atoms with van der Waals surface area (Å²) in [4.78, 5) is 8.74. The van der Waals surface area contributed by atoms with Crippen LogP contribution < -0.4 is 0 Å². The lowest BCUT2D eigenvalue weighted by molar-refractivity contribution is 0.628. The predicted molar refractivity (Wildman–Crippen MR) is 87.4 cm³/mol. The van der Waals surface area contributed by atoms with Crippen molar-refractivity contribution in [1.29, 1.82) is 0 Å². The van der Waals surface area contributed by atoms with E-state index in [1.54, 1.807) is 6.07 Å². The SMILES string of the molecule is Cc1cc(Br)cc2c(Cl)nc(-c3ccc(Cl)c(F)c3)nc12. The molecule has 0 saturated carbocycles. The summed E-state index contributed by atoms with van der Waals surface area (Å²) < 4.78 is 14.5. The Hall–Kier alpha value is -1.23. The van der Waals surface area contributed by atoms with Gasteiger partial charge in [0.15, 0.2) is 5.82 Å². The fourth-order valence-electron chi connectivity index (χ4n) is 2.09. The van der Waals surface area contributed by atoms with Crippen molar-refractivity contribution in [2.75, 3.05) is 0 Å². The molecule has 3 aromatic rings. The Morgan fingerprint density at radius 3 is 2.57 bits per heavy atom. The lowest BCUT2D eigenvalue weighted by Crippen LogP contribution is -1.94. The van der Waals surface area contributed by atoms with Gasteiger partial charge in [-0.2, -0.15) is 0 Å². The Balaban J connectivity index is 2.27. The van der Waals surface area contributed by atoms with Crippen LogP contribution in [0.25, 0.3) is 22.3 Å². The number of aryl methyl sites for hydroxylation is 1. The molecular weight excluding hydrogens is 378 g/mol. The zero-order valence-electron chi connectivity index (χ0n) is 10.8. The van der Waals surface area contributed by atoms with Gasteiger partial charge in [-0.3, -0.25) is 0 Å². The minimum Gasteiger partial charge on any atom is -0.228 e. The molecule has 0 radical (unpaired) electrons. The van der Waals surface area contributed by atoms with Crippen LogP contribution in [0.2, 0.25) is 10.2 Å². The second-order valence-corrected chi connectivity index (χ2v) is 6.27. The Labute approximate surface area is 139 Å². The molecule has 0 atom stereocenters. The molecule has 1 aromatic heterocycles. The Morgan fingerprint density at radius 1 is 1.10 bits per heavy atom. The minimum atomic E-state index is -0.512. The fraction of sp³-hybridized carbons (Fsp3) is 0.0667. The van der Waals surface area contributed by atoms with E-state index in [4.69, 9.17) is 23.2 Å². The number of hydrogen-bond acceptors (Lipinski definition) is 2. The smallest absolute Gasteiger partial charge is 0.161 e. The van der Waals surface area contributed by atoms with Gasteiger partial charge in [-0.25, -0.2) is 14.4 Å². The van der Waals surface area contributed by atoms with Crippen LogP contribution in [-0.2, 0) is 0 Å². The molecule has 0 bridgehead atoms. The van der Waals surface area contributed by atoms with Gasteiger partial charge in [-0.1, -0.05) is 39.1 Å². The first-order valence-corrected chi connectivity index (χ1v) is 7.59. The molecule has 0 fully saturated rings. The monoisotopic (exact) mass is 384 g/mol. The van der Waals surface area contributed by atoms with E-state index < -0.39 is 5.82 Å². The molecule has 0 aliphatic rings. The number of aromatic nitrogens is 2. The first-order valence-electron chi connectivity index (χ1n) is 6.04. The van der Waals surface area contributed by atoms with Gasteiger partial charge in [-0.05, 0) is 42.8 Å². The average molecular weight is 386 g/mol. The van der Waals surface area contributed by atoms with Crippen LogP contribution in [0.4, 0.5) is 4.39 Å². The van der Waals surface area contributed by atoms with Crippen molar-refractivity contribution in [2.24, 2.45) is 0 Å². The Kier molecular flexibility index (Phi) is 3.86. The Bertz CT molecular complexity index is 868. The molecule has 3 rings (SSSR count). The third-order valence-electron chi connectivity index (χ3n) is 3.09. The summed E-state index contributed by atoms with van der Waals surface area (Å²) in [6.45, 7) is 1.93. The summed E-state index contributed by atoms with van der Waals surface area (Å²) in [6.07, 6.45) is 0. The van der Waals surface area contributed by atoms with E-state index in [2.05, 4.69) is 25.9 Å². The highest BCUT2D eigenvalue weighted by molar-refractivity contribution is 9.10. The third-order valence-corrected chi connectivity index (χ3v) is 4.14. The second-order valence-electron chi connectivity index (χ2n) is 4.59. The van der Waals surface area contributed by atoms with E-state index in [-0.39, 0.29) is 5.02 Å². The zero-order chi connectivity index (χ0) is 15.1. The minimum absolute atomic E-state index is 0.0609. The molecule has 6 heteroatoms. The lowest BCUT2D eigenvalue weighted by Gasteiger charge is -2.08. The van der Waals surface area contributed by atoms with E-state index in [1.165, 1.54) is 12.1 Å². The summed E-state index contributed by atoms with van der Waals surface area (Å²) in [6, 6.07) is 8.24. The molecule has 2 nitrogen and oxygen atoms in total. The van der Waals surface area contributed by atoms with Gasteiger partial charge in [0.05, 0.1) is 10.5 Å². The van der Waals surface area contributed by atoms with Gasteiger partial charge >= 0.3 is 0 Å². The molecule has 21 heavy (non-hydrogen) atoms. The molecule has 0 spiro atoms. The van der Waals surface area contributed by atoms with E-state index in [1.807, 2.05) is 19.1 Å². The molecule has 0 unspecified atom stereocenters. The molecule has 1 heterocycles. The van der Waals surface area contributed by atoms with Crippen molar-refractivity contribution in [3.05, 3.63) is 56.4 Å². The topological polar surface area (TPSA) is 25.8 Å². The molecule has 2 aromatic carbocycles. The summed E-state index contributed by atoms with van der Waals surface area (Å²) in [5.74, 6) is -0.144. The normalized spacial score (nSPS) is 11.1. The first-order chi connectivity index (χ1) is 9.95. The summed E-state index contributed by atoms with van der Waals surface area (Å²) in [7, 11) is 0. The number of rotatable bonds is 1. The first kappa shape index (κ1) is 14.7. The summed E-state index contributed by atoms with van der Waals surface area (Å²) in [5.41, 5.74) is 2.23. The molecular formula is C15H8BrCl2FN2. The summed E-state index contributed by atoms with van der Waals surface area (Å²) in [5, 5.41) is 1.14. The molecule has 0 aliphatic carbocycles. The zero-order valence-corrected chi connectivity index (χ0v) is 13.9. The van der Waals surface area contributed by atoms with Crippen LogP contribution >= 0.6 is 39.1 Å². The van der Waals surface area contributed by atoms with Crippen LogP contribution in [0.15, 0.2) is 34.8 Å². The van der Waals surface area contributed by atoms with Gasteiger partial charge in [0.2, 0.25) is 0 Å². The van der Waals surface area contributed by atoms with Gasteiger partial charge in [0, 0.05) is 15.4 Å². The average Bonchev–Trinajstić information content (AvgIpc) is 2.43. The fourth-order valence-corrected chi connectivity index (χ4v) is 3.00. The van der Waals surface area contributed by atoms with Gasteiger partial charge < -0.3 is 0 Å². The highest BCUT2D eigenvalue weighted by atomic mass is 79.9. The maximum absolute atomic E-state index is 13.6. The standard InChI is InChI=1S/C15H8BrCl2FN2/c1-7-4-9(16)6-10-13(7)20-15(21-14(10)18)8-2-3-11(17)12(19)5-8/h2-6H,1H3. The third kappa shape index (κ3) is 2.76. The lowest BCUT2D eigenvalue weighted by atomic mass is 10.1. The van der Waals surface area contributed by atoms with E-state index in [0.29, 0.717) is 16.5 Å². The maximum Gasteiger partial charge on any atom is 0.161 e. The van der Waals surface area contributed by atoms with Crippen LogP contribution in [0.3, 0.4) is 0 Å². The van der Waals surface area contributed by atoms with E-state index in [9.17, 15) is 4.39 Å². The van der Waals surface area contributed by atoms with Crippen LogP contribution in [0, 0.1) is 12.7 Å². The molecule has 106 valence electrons. The molecule has 0 aliphatic heterocycles. The number of hydrogen-bond donors (Lipinski definition) is 0. The number of halogens is 4. The van der Waals surface area contributed by atoms with E-state index >= 15 is 0 Å².